The molecule has 0 unspecified atom stereocenters. The number of rotatable bonds is 5. The zero-order chi connectivity index (χ0) is 17.9. The lowest BCUT2D eigenvalue weighted by Gasteiger charge is -2.17. The molecule has 0 fully saturated rings. The Morgan fingerprint density at radius 1 is 1.04 bits per heavy atom. The van der Waals surface area contributed by atoms with Crippen LogP contribution in [0, 0.1) is 19.7 Å². The zero-order valence-corrected chi connectivity index (χ0v) is 14.0. The van der Waals surface area contributed by atoms with Crippen LogP contribution in [-0.4, -0.2) is 25.1 Å². The number of allylic oxidation sites excluding steroid dienone is 1. The van der Waals surface area contributed by atoms with E-state index < -0.39 is 5.78 Å². The summed E-state index contributed by atoms with van der Waals surface area (Å²) in [6.07, 6.45) is 2.87. The molecule has 0 aromatic heterocycles. The van der Waals surface area contributed by atoms with Gasteiger partial charge in [-0.1, -0.05) is 18.2 Å². The lowest BCUT2D eigenvalue weighted by atomic mass is 9.98. The molecule has 0 spiro atoms. The highest BCUT2D eigenvalue weighted by Crippen LogP contribution is 2.42. The highest BCUT2D eigenvalue weighted by molar-refractivity contribution is 6.11. The molecular weight excluding hydrogens is 311 g/mol. The number of phenolic OH excluding ortho intramolecular Hbond substituents is 1. The molecule has 0 aliphatic carbocycles. The van der Waals surface area contributed by atoms with E-state index >= 15 is 0 Å². The summed E-state index contributed by atoms with van der Waals surface area (Å²) in [5.74, 6) is -0.197. The first-order chi connectivity index (χ1) is 11.4. The second-order valence-electron chi connectivity index (χ2n) is 5.29. The predicted molar refractivity (Wildman–Crippen MR) is 90.4 cm³/mol. The number of hydrogen-bond donors (Lipinski definition) is 1. The Morgan fingerprint density at radius 3 is 2.17 bits per heavy atom. The van der Waals surface area contributed by atoms with Crippen molar-refractivity contribution < 1.29 is 23.8 Å². The average Bonchev–Trinajstić information content (AvgIpc) is 2.57. The van der Waals surface area contributed by atoms with E-state index in [0.29, 0.717) is 22.4 Å². The lowest BCUT2D eigenvalue weighted by molar-refractivity contribution is 0.104. The molecule has 2 aromatic rings. The van der Waals surface area contributed by atoms with Crippen LogP contribution >= 0.6 is 0 Å². The van der Waals surface area contributed by atoms with E-state index in [1.807, 2.05) is 0 Å². The number of ketones is 1. The summed E-state index contributed by atoms with van der Waals surface area (Å²) in [6, 6.07) is 5.73. The van der Waals surface area contributed by atoms with E-state index in [2.05, 4.69) is 0 Å². The summed E-state index contributed by atoms with van der Waals surface area (Å²) in [5, 5.41) is 10.4. The highest BCUT2D eigenvalue weighted by atomic mass is 19.1. The van der Waals surface area contributed by atoms with Crippen LogP contribution in [0.1, 0.15) is 27.0 Å². The lowest BCUT2D eigenvalue weighted by Crippen LogP contribution is -2.05. The van der Waals surface area contributed by atoms with Crippen molar-refractivity contribution in [2.75, 3.05) is 14.2 Å². The Labute approximate surface area is 140 Å². The molecule has 0 aliphatic rings. The Morgan fingerprint density at radius 2 is 1.62 bits per heavy atom. The third kappa shape index (κ3) is 3.25. The van der Waals surface area contributed by atoms with E-state index in [0.717, 1.165) is 0 Å². The molecule has 4 nitrogen and oxygen atoms in total. The first-order valence-corrected chi connectivity index (χ1v) is 7.32. The van der Waals surface area contributed by atoms with Crippen molar-refractivity contribution in [3.63, 3.8) is 0 Å². The van der Waals surface area contributed by atoms with Gasteiger partial charge in [0.15, 0.2) is 5.78 Å². The number of benzene rings is 2. The molecule has 0 heterocycles. The summed E-state index contributed by atoms with van der Waals surface area (Å²) >= 11 is 0. The van der Waals surface area contributed by atoms with Gasteiger partial charge in [-0.3, -0.25) is 4.79 Å². The van der Waals surface area contributed by atoms with E-state index in [-0.39, 0.29) is 22.9 Å². The SMILES string of the molecule is COc1c(C)c(O)c(C(=O)/C=C/c2ccc(F)cc2)c(OC)c1C. The fourth-order valence-corrected chi connectivity index (χ4v) is 2.59. The third-order valence-electron chi connectivity index (χ3n) is 3.79. The number of methoxy groups -OCH3 is 2. The van der Waals surface area contributed by atoms with Crippen molar-refractivity contribution in [1.29, 1.82) is 0 Å². The Kier molecular flexibility index (Phi) is 5.24. The number of aromatic hydroxyl groups is 1. The standard InChI is InChI=1S/C19H19FO4/c1-11-17(22)16(19(24-4)12(2)18(11)23-3)15(21)10-7-13-5-8-14(20)9-6-13/h5-10,22H,1-4H3/b10-7+. The molecular formula is C19H19FO4. The maximum absolute atomic E-state index is 12.9. The molecule has 2 rings (SSSR count). The van der Waals surface area contributed by atoms with Crippen molar-refractivity contribution in [3.05, 3.63) is 58.4 Å². The molecule has 1 N–H and O–H groups in total. The van der Waals surface area contributed by atoms with Crippen molar-refractivity contribution in [2.24, 2.45) is 0 Å². The first-order valence-electron chi connectivity index (χ1n) is 7.32. The summed E-state index contributed by atoms with van der Waals surface area (Å²) in [6.45, 7) is 3.42. The minimum atomic E-state index is -0.414. The van der Waals surface area contributed by atoms with Gasteiger partial charge in [0, 0.05) is 11.1 Å². The maximum Gasteiger partial charge on any atom is 0.193 e. The third-order valence-corrected chi connectivity index (χ3v) is 3.79. The van der Waals surface area contributed by atoms with Crippen LogP contribution in [0.4, 0.5) is 4.39 Å². The molecule has 0 atom stereocenters. The molecule has 0 aliphatic heterocycles. The quantitative estimate of drug-likeness (QED) is 0.663. The van der Waals surface area contributed by atoms with Gasteiger partial charge in [-0.15, -0.1) is 0 Å². The van der Waals surface area contributed by atoms with Crippen LogP contribution < -0.4 is 9.47 Å². The predicted octanol–water partition coefficient (Wildman–Crippen LogP) is 4.06. The van der Waals surface area contributed by atoms with E-state index in [1.165, 1.54) is 32.4 Å². The van der Waals surface area contributed by atoms with E-state index in [4.69, 9.17) is 9.47 Å². The fourth-order valence-electron chi connectivity index (χ4n) is 2.59. The number of carbonyl (C=O) groups is 1. The van der Waals surface area contributed by atoms with Gasteiger partial charge in [0.1, 0.15) is 28.6 Å². The van der Waals surface area contributed by atoms with Crippen molar-refractivity contribution in [3.8, 4) is 17.2 Å². The molecule has 0 radical (unpaired) electrons. The number of halogens is 1. The molecule has 0 saturated carbocycles. The normalized spacial score (nSPS) is 10.9. The topological polar surface area (TPSA) is 55.8 Å². The average molecular weight is 330 g/mol. The van der Waals surface area contributed by atoms with Crippen LogP contribution in [0.2, 0.25) is 0 Å². The van der Waals surface area contributed by atoms with E-state index in [1.54, 1.807) is 32.1 Å². The molecule has 126 valence electrons. The van der Waals surface area contributed by atoms with Gasteiger partial charge in [-0.25, -0.2) is 4.39 Å². The van der Waals surface area contributed by atoms with Gasteiger partial charge in [0.25, 0.3) is 0 Å². The summed E-state index contributed by atoms with van der Waals surface area (Å²) < 4.78 is 23.5. The smallest absolute Gasteiger partial charge is 0.193 e. The Balaban J connectivity index is 2.47. The van der Waals surface area contributed by atoms with Crippen LogP contribution in [0.15, 0.2) is 30.3 Å². The number of carbonyl (C=O) groups excluding carboxylic acids is 1. The van der Waals surface area contributed by atoms with Gasteiger partial charge in [0.2, 0.25) is 0 Å². The Hall–Kier alpha value is -2.82. The number of phenols is 1. The largest absolute Gasteiger partial charge is 0.507 e. The van der Waals surface area contributed by atoms with Gasteiger partial charge in [-0.2, -0.15) is 0 Å². The van der Waals surface area contributed by atoms with Crippen LogP contribution in [0.3, 0.4) is 0 Å². The molecule has 0 saturated heterocycles. The molecule has 0 bridgehead atoms. The fraction of sp³-hybridized carbons (Fsp3) is 0.211. The summed E-state index contributed by atoms with van der Waals surface area (Å²) in [4.78, 5) is 12.5. The Bertz CT molecular complexity index is 792. The van der Waals surface area contributed by atoms with Crippen molar-refractivity contribution >= 4 is 11.9 Å². The van der Waals surface area contributed by atoms with Gasteiger partial charge in [-0.05, 0) is 37.6 Å². The van der Waals surface area contributed by atoms with Gasteiger partial charge in [0.05, 0.1) is 14.2 Å². The van der Waals surface area contributed by atoms with Crippen LogP contribution in [-0.2, 0) is 0 Å². The van der Waals surface area contributed by atoms with Gasteiger partial charge < -0.3 is 14.6 Å². The van der Waals surface area contributed by atoms with Gasteiger partial charge >= 0.3 is 0 Å². The number of ether oxygens (including phenoxy) is 2. The van der Waals surface area contributed by atoms with Crippen LogP contribution in [0.5, 0.6) is 17.2 Å². The second kappa shape index (κ2) is 7.17. The molecule has 5 heteroatoms. The van der Waals surface area contributed by atoms with Crippen molar-refractivity contribution in [1.82, 2.24) is 0 Å². The first kappa shape index (κ1) is 17.5. The zero-order valence-electron chi connectivity index (χ0n) is 14.0. The number of hydrogen-bond acceptors (Lipinski definition) is 4. The molecule has 24 heavy (non-hydrogen) atoms. The molecule has 2 aromatic carbocycles. The van der Waals surface area contributed by atoms with E-state index in [9.17, 15) is 14.3 Å². The summed E-state index contributed by atoms with van der Waals surface area (Å²) in [7, 11) is 2.92. The monoisotopic (exact) mass is 330 g/mol. The van der Waals surface area contributed by atoms with Crippen molar-refractivity contribution in [2.45, 2.75) is 13.8 Å². The maximum atomic E-state index is 12.9. The minimum absolute atomic E-state index is 0.0756. The second-order valence-corrected chi connectivity index (χ2v) is 5.29. The summed E-state index contributed by atoms with van der Waals surface area (Å²) in [5.41, 5.74) is 1.85. The van der Waals surface area contributed by atoms with Crippen LogP contribution in [0.25, 0.3) is 6.08 Å². The minimum Gasteiger partial charge on any atom is -0.507 e. The highest BCUT2D eigenvalue weighted by Gasteiger charge is 2.24. The molecule has 0 amide bonds.